The monoisotopic (exact) mass is 530 g/mol. The van der Waals surface area contributed by atoms with Gasteiger partial charge in [0.15, 0.2) is 5.96 Å². The Morgan fingerprint density at radius 2 is 2.10 bits per heavy atom. The number of hydrogen-bond donors (Lipinski definition) is 2. The Kier molecular flexibility index (Phi) is 10.1. The number of hydrogen-bond acceptors (Lipinski definition) is 6. The smallest absolute Gasteiger partial charge is 0.191 e. The third-order valence-electron chi connectivity index (χ3n) is 4.77. The van der Waals surface area contributed by atoms with Crippen LogP contribution in [0.4, 0.5) is 5.82 Å². The van der Waals surface area contributed by atoms with Gasteiger partial charge in [-0.15, -0.1) is 35.3 Å². The van der Waals surface area contributed by atoms with Crippen LogP contribution in [0.15, 0.2) is 40.8 Å². The van der Waals surface area contributed by atoms with Crippen molar-refractivity contribution in [1.82, 2.24) is 20.5 Å². The molecule has 0 saturated carbocycles. The molecular weight excluding hydrogens is 499 g/mol. The zero-order valence-corrected chi connectivity index (χ0v) is 20.4. The summed E-state index contributed by atoms with van der Waals surface area (Å²) in [5, 5.41) is 9.05. The fourth-order valence-corrected chi connectivity index (χ4v) is 4.06. The molecular formula is C20H31IN6OS. The molecule has 1 fully saturated rings. The molecule has 0 aromatic carbocycles. The van der Waals surface area contributed by atoms with E-state index in [1.807, 2.05) is 38.3 Å². The maximum Gasteiger partial charge on any atom is 0.191 e. The minimum absolute atomic E-state index is 0. The highest BCUT2D eigenvalue weighted by Crippen LogP contribution is 2.25. The molecule has 1 unspecified atom stereocenters. The van der Waals surface area contributed by atoms with E-state index >= 15 is 0 Å². The summed E-state index contributed by atoms with van der Waals surface area (Å²) in [6, 6.07) is 8.76. The van der Waals surface area contributed by atoms with Gasteiger partial charge in [-0.05, 0) is 29.1 Å². The second-order valence-corrected chi connectivity index (χ2v) is 7.88. The molecule has 1 aliphatic heterocycles. The van der Waals surface area contributed by atoms with Crippen molar-refractivity contribution >= 4 is 47.1 Å². The van der Waals surface area contributed by atoms with Crippen LogP contribution in [-0.2, 0) is 11.3 Å². The van der Waals surface area contributed by atoms with E-state index in [2.05, 4.69) is 49.1 Å². The lowest BCUT2D eigenvalue weighted by molar-refractivity contribution is 0.0177. The summed E-state index contributed by atoms with van der Waals surface area (Å²) in [7, 11) is 5.80. The molecule has 0 spiro atoms. The van der Waals surface area contributed by atoms with Gasteiger partial charge in [0, 0.05) is 58.4 Å². The zero-order valence-electron chi connectivity index (χ0n) is 17.3. The fraction of sp³-hybridized carbons (Fsp3) is 0.500. The number of halogens is 1. The van der Waals surface area contributed by atoms with Crippen molar-refractivity contribution in [3.05, 3.63) is 46.3 Å². The third-order valence-corrected chi connectivity index (χ3v) is 5.75. The summed E-state index contributed by atoms with van der Waals surface area (Å²) in [5.41, 5.74) is 1.17. The van der Waals surface area contributed by atoms with E-state index in [1.165, 1.54) is 10.4 Å². The van der Waals surface area contributed by atoms with Crippen LogP contribution >= 0.6 is 35.3 Å². The Labute approximate surface area is 194 Å². The van der Waals surface area contributed by atoms with Gasteiger partial charge >= 0.3 is 0 Å². The molecule has 9 heteroatoms. The van der Waals surface area contributed by atoms with Crippen molar-refractivity contribution in [3.63, 3.8) is 0 Å². The Morgan fingerprint density at radius 1 is 1.31 bits per heavy atom. The minimum atomic E-state index is 0. The largest absolute Gasteiger partial charge is 0.379 e. The Balaban J connectivity index is 0.00000300. The molecule has 2 N–H and O–H groups in total. The average molecular weight is 530 g/mol. The predicted octanol–water partition coefficient (Wildman–Crippen LogP) is 2.57. The van der Waals surface area contributed by atoms with Crippen molar-refractivity contribution in [2.75, 3.05) is 58.9 Å². The summed E-state index contributed by atoms with van der Waals surface area (Å²) in [4.78, 5) is 14.6. The van der Waals surface area contributed by atoms with Gasteiger partial charge in [-0.3, -0.25) is 9.89 Å². The number of thiophene rings is 1. The molecule has 1 aliphatic rings. The van der Waals surface area contributed by atoms with Gasteiger partial charge in [-0.2, -0.15) is 0 Å². The number of ether oxygens (including phenoxy) is 1. The lowest BCUT2D eigenvalue weighted by atomic mass is 10.2. The van der Waals surface area contributed by atoms with Gasteiger partial charge < -0.3 is 20.3 Å². The summed E-state index contributed by atoms with van der Waals surface area (Å²) in [6.07, 6.45) is 1.84. The first-order chi connectivity index (χ1) is 13.7. The second-order valence-electron chi connectivity index (χ2n) is 6.90. The summed E-state index contributed by atoms with van der Waals surface area (Å²) in [5.74, 6) is 1.75. The lowest BCUT2D eigenvalue weighted by Gasteiger charge is -2.34. The van der Waals surface area contributed by atoms with E-state index in [0.717, 1.165) is 44.6 Å². The highest BCUT2D eigenvalue weighted by molar-refractivity contribution is 14.0. The van der Waals surface area contributed by atoms with Crippen LogP contribution in [-0.4, -0.2) is 69.8 Å². The molecule has 29 heavy (non-hydrogen) atoms. The first-order valence-corrected chi connectivity index (χ1v) is 10.5. The Morgan fingerprint density at radius 3 is 2.76 bits per heavy atom. The quantitative estimate of drug-likeness (QED) is 0.326. The number of aromatic nitrogens is 1. The van der Waals surface area contributed by atoms with Crippen LogP contribution in [0.5, 0.6) is 0 Å². The number of aliphatic imine (C=N–C) groups is 1. The minimum Gasteiger partial charge on any atom is -0.379 e. The maximum absolute atomic E-state index is 5.52. The highest BCUT2D eigenvalue weighted by atomic mass is 127. The number of anilines is 1. The van der Waals surface area contributed by atoms with Gasteiger partial charge in [-0.25, -0.2) is 4.98 Å². The van der Waals surface area contributed by atoms with Crippen LogP contribution in [0, 0.1) is 0 Å². The van der Waals surface area contributed by atoms with E-state index in [0.29, 0.717) is 12.6 Å². The number of pyridine rings is 1. The predicted molar refractivity (Wildman–Crippen MR) is 132 cm³/mol. The van der Waals surface area contributed by atoms with E-state index < -0.39 is 0 Å². The van der Waals surface area contributed by atoms with Crippen molar-refractivity contribution in [3.8, 4) is 0 Å². The number of nitrogens with one attached hydrogen (secondary N) is 2. The molecule has 7 nitrogen and oxygen atoms in total. The topological polar surface area (TPSA) is 65.0 Å². The molecule has 0 radical (unpaired) electrons. The first-order valence-electron chi connectivity index (χ1n) is 9.59. The molecule has 1 saturated heterocycles. The van der Waals surface area contributed by atoms with Crippen LogP contribution < -0.4 is 15.5 Å². The Bertz CT molecular complexity index is 749. The normalized spacial score (nSPS) is 16.0. The standard InChI is InChI=1S/C20H30N6OS.HI/c1-21-20(23-14-16-6-7-22-19(13-16)25(2)3)24-15-17(18-5-4-12-28-18)26-8-10-27-11-9-26;/h4-7,12-13,17H,8-11,14-15H2,1-3H3,(H2,21,23,24);1H. The first kappa shape index (κ1) is 23.8. The van der Waals surface area contributed by atoms with Crippen LogP contribution in [0.2, 0.25) is 0 Å². The molecule has 160 valence electrons. The molecule has 2 aromatic heterocycles. The van der Waals surface area contributed by atoms with Gasteiger partial charge in [0.2, 0.25) is 0 Å². The van der Waals surface area contributed by atoms with Crippen molar-refractivity contribution in [2.24, 2.45) is 4.99 Å². The second kappa shape index (κ2) is 12.3. The Hall–Kier alpha value is -1.43. The highest BCUT2D eigenvalue weighted by Gasteiger charge is 2.23. The fourth-order valence-electron chi connectivity index (χ4n) is 3.19. The summed E-state index contributed by atoms with van der Waals surface area (Å²) < 4.78 is 5.52. The number of guanidine groups is 1. The number of nitrogens with zero attached hydrogens (tertiary/aromatic N) is 4. The third kappa shape index (κ3) is 7.09. The summed E-state index contributed by atoms with van der Waals surface area (Å²) in [6.45, 7) is 5.02. The molecule has 1 atom stereocenters. The van der Waals surface area contributed by atoms with E-state index in [9.17, 15) is 0 Å². The molecule has 0 amide bonds. The molecule has 3 heterocycles. The average Bonchev–Trinajstić information content (AvgIpc) is 3.26. The van der Waals surface area contributed by atoms with Crippen molar-refractivity contribution in [1.29, 1.82) is 0 Å². The van der Waals surface area contributed by atoms with Crippen molar-refractivity contribution < 1.29 is 4.74 Å². The number of morpholine rings is 1. The number of rotatable bonds is 7. The van der Waals surface area contributed by atoms with Gasteiger partial charge in [0.05, 0.1) is 19.3 Å². The van der Waals surface area contributed by atoms with Gasteiger partial charge in [0.1, 0.15) is 5.82 Å². The zero-order chi connectivity index (χ0) is 19.8. The summed E-state index contributed by atoms with van der Waals surface area (Å²) >= 11 is 1.80. The molecule has 0 aliphatic carbocycles. The van der Waals surface area contributed by atoms with Gasteiger partial charge in [-0.1, -0.05) is 6.07 Å². The molecule has 3 rings (SSSR count). The lowest BCUT2D eigenvalue weighted by Crippen LogP contribution is -2.46. The molecule has 0 bridgehead atoms. The van der Waals surface area contributed by atoms with Crippen LogP contribution in [0.3, 0.4) is 0 Å². The van der Waals surface area contributed by atoms with Crippen LogP contribution in [0.1, 0.15) is 16.5 Å². The van der Waals surface area contributed by atoms with E-state index in [4.69, 9.17) is 4.74 Å². The van der Waals surface area contributed by atoms with Crippen molar-refractivity contribution in [2.45, 2.75) is 12.6 Å². The van der Waals surface area contributed by atoms with E-state index in [1.54, 1.807) is 11.3 Å². The molecule has 2 aromatic rings. The van der Waals surface area contributed by atoms with Crippen LogP contribution in [0.25, 0.3) is 0 Å². The SMILES string of the molecule is CN=C(NCc1ccnc(N(C)C)c1)NCC(c1cccs1)N1CCOCC1.I. The van der Waals surface area contributed by atoms with Gasteiger partial charge in [0.25, 0.3) is 0 Å². The maximum atomic E-state index is 5.52. The van der Waals surface area contributed by atoms with E-state index in [-0.39, 0.29) is 24.0 Å².